The van der Waals surface area contributed by atoms with E-state index in [0.717, 1.165) is 12.1 Å². The number of aromatic nitrogens is 3. The highest BCUT2D eigenvalue weighted by molar-refractivity contribution is 6.05. The zero-order valence-electron chi connectivity index (χ0n) is 14.8. The van der Waals surface area contributed by atoms with Crippen molar-refractivity contribution in [3.8, 4) is 17.2 Å². The second-order valence-electron chi connectivity index (χ2n) is 5.63. The monoisotopic (exact) mass is 392 g/mol. The lowest BCUT2D eigenvalue weighted by Gasteiger charge is -2.15. The highest BCUT2D eigenvalue weighted by Crippen LogP contribution is 2.33. The molecule has 3 rings (SSSR count). The number of anilines is 1. The molecule has 0 radical (unpaired) electrons. The van der Waals surface area contributed by atoms with E-state index in [2.05, 4.69) is 15.4 Å². The van der Waals surface area contributed by atoms with Gasteiger partial charge in [0.15, 0.2) is 0 Å². The summed E-state index contributed by atoms with van der Waals surface area (Å²) in [6, 6.07) is 7.41. The van der Waals surface area contributed by atoms with Crippen LogP contribution in [0.3, 0.4) is 0 Å². The van der Waals surface area contributed by atoms with Crippen LogP contribution in [0.15, 0.2) is 49.1 Å². The molecule has 1 aromatic heterocycles. The molecule has 1 N–H and O–H groups in total. The van der Waals surface area contributed by atoms with Gasteiger partial charge in [0.25, 0.3) is 5.91 Å². The van der Waals surface area contributed by atoms with Crippen LogP contribution in [0.25, 0.3) is 5.69 Å². The molecule has 10 heteroatoms. The fourth-order valence-electron chi connectivity index (χ4n) is 2.48. The number of alkyl halides is 3. The average molecular weight is 392 g/mol. The van der Waals surface area contributed by atoms with Crippen LogP contribution in [0.4, 0.5) is 18.9 Å². The Labute approximate surface area is 157 Å². The fourth-order valence-corrected chi connectivity index (χ4v) is 2.48. The number of methoxy groups -OCH3 is 2. The van der Waals surface area contributed by atoms with Crippen molar-refractivity contribution < 1.29 is 27.4 Å². The standard InChI is InChI=1S/C18H15F3N4O3/c1-27-13-5-11(6-14(8-13)28-2)17(26)24-15-7-12(18(19,20)21)3-4-16(15)25-10-22-9-23-25/h3-10H,1-2H3,(H,24,26). The van der Waals surface area contributed by atoms with Crippen LogP contribution < -0.4 is 14.8 Å². The summed E-state index contributed by atoms with van der Waals surface area (Å²) in [4.78, 5) is 16.5. The van der Waals surface area contributed by atoms with E-state index < -0.39 is 17.6 Å². The minimum Gasteiger partial charge on any atom is -0.497 e. The number of hydrogen-bond acceptors (Lipinski definition) is 5. The molecule has 0 saturated carbocycles. The van der Waals surface area contributed by atoms with E-state index in [-0.39, 0.29) is 16.9 Å². The maximum absolute atomic E-state index is 13.1. The van der Waals surface area contributed by atoms with Crippen LogP contribution in [0.2, 0.25) is 0 Å². The van der Waals surface area contributed by atoms with Gasteiger partial charge in [-0.05, 0) is 30.3 Å². The number of halogens is 3. The number of carbonyl (C=O) groups excluding carboxylic acids is 1. The molecule has 28 heavy (non-hydrogen) atoms. The van der Waals surface area contributed by atoms with Gasteiger partial charge < -0.3 is 14.8 Å². The van der Waals surface area contributed by atoms with Crippen molar-refractivity contribution in [2.45, 2.75) is 6.18 Å². The van der Waals surface area contributed by atoms with E-state index in [4.69, 9.17) is 9.47 Å². The minimum absolute atomic E-state index is 0.0767. The van der Waals surface area contributed by atoms with Crippen LogP contribution >= 0.6 is 0 Å². The number of nitrogens with zero attached hydrogens (tertiary/aromatic N) is 3. The van der Waals surface area contributed by atoms with E-state index in [1.807, 2.05) is 0 Å². The van der Waals surface area contributed by atoms with Gasteiger partial charge in [-0.2, -0.15) is 18.3 Å². The predicted octanol–water partition coefficient (Wildman–Crippen LogP) is 3.56. The Morgan fingerprint density at radius 2 is 1.75 bits per heavy atom. The third-order valence-electron chi connectivity index (χ3n) is 3.85. The number of rotatable bonds is 5. The van der Waals surface area contributed by atoms with Crippen molar-refractivity contribution in [2.75, 3.05) is 19.5 Å². The molecule has 1 heterocycles. The van der Waals surface area contributed by atoms with Crippen molar-refractivity contribution in [1.82, 2.24) is 14.8 Å². The average Bonchev–Trinajstić information content (AvgIpc) is 3.21. The van der Waals surface area contributed by atoms with Crippen LogP contribution in [-0.2, 0) is 6.18 Å². The lowest BCUT2D eigenvalue weighted by molar-refractivity contribution is -0.137. The Kier molecular flexibility index (Phi) is 5.21. The van der Waals surface area contributed by atoms with E-state index in [0.29, 0.717) is 11.5 Å². The number of carbonyl (C=O) groups is 1. The molecule has 0 aliphatic heterocycles. The molecule has 3 aromatic rings. The van der Waals surface area contributed by atoms with Gasteiger partial charge in [-0.15, -0.1) is 0 Å². The van der Waals surface area contributed by atoms with Gasteiger partial charge in [0.2, 0.25) is 0 Å². The summed E-state index contributed by atoms with van der Waals surface area (Å²) in [5, 5.41) is 6.40. The molecule has 0 spiro atoms. The summed E-state index contributed by atoms with van der Waals surface area (Å²) in [7, 11) is 2.85. The van der Waals surface area contributed by atoms with Gasteiger partial charge in [0.05, 0.1) is 31.2 Å². The topological polar surface area (TPSA) is 78.3 Å². The number of hydrogen-bond donors (Lipinski definition) is 1. The van der Waals surface area contributed by atoms with Crippen LogP contribution in [0.5, 0.6) is 11.5 Å². The third kappa shape index (κ3) is 4.05. The summed E-state index contributed by atoms with van der Waals surface area (Å²) in [5.74, 6) is 0.0907. The molecule has 1 amide bonds. The van der Waals surface area contributed by atoms with Gasteiger partial charge in [-0.25, -0.2) is 9.67 Å². The smallest absolute Gasteiger partial charge is 0.416 e. The van der Waals surface area contributed by atoms with Crippen molar-refractivity contribution in [1.29, 1.82) is 0 Å². The summed E-state index contributed by atoms with van der Waals surface area (Å²) in [5.41, 5.74) is -0.603. The lowest BCUT2D eigenvalue weighted by atomic mass is 10.1. The molecule has 0 atom stereocenters. The highest BCUT2D eigenvalue weighted by atomic mass is 19.4. The SMILES string of the molecule is COc1cc(OC)cc(C(=O)Nc2cc(C(F)(F)F)ccc2-n2cncn2)c1. The number of amides is 1. The molecule has 0 aliphatic carbocycles. The van der Waals surface area contributed by atoms with Crippen molar-refractivity contribution >= 4 is 11.6 Å². The van der Waals surface area contributed by atoms with Crippen LogP contribution in [-0.4, -0.2) is 34.9 Å². The summed E-state index contributed by atoms with van der Waals surface area (Å²) in [6.45, 7) is 0. The first-order valence-electron chi connectivity index (χ1n) is 7.92. The first-order chi connectivity index (χ1) is 13.3. The zero-order chi connectivity index (χ0) is 20.3. The van der Waals surface area contributed by atoms with E-state index in [1.165, 1.54) is 49.8 Å². The summed E-state index contributed by atoms with van der Waals surface area (Å²) in [6.07, 6.45) is -2.03. The second-order valence-corrected chi connectivity index (χ2v) is 5.63. The van der Waals surface area contributed by atoms with Crippen molar-refractivity contribution in [2.24, 2.45) is 0 Å². The predicted molar refractivity (Wildman–Crippen MR) is 93.9 cm³/mol. The van der Waals surface area contributed by atoms with Gasteiger partial charge in [-0.3, -0.25) is 4.79 Å². The van der Waals surface area contributed by atoms with Crippen molar-refractivity contribution in [3.05, 3.63) is 60.2 Å². The Balaban J connectivity index is 2.01. The molecular formula is C18H15F3N4O3. The molecule has 7 nitrogen and oxygen atoms in total. The zero-order valence-corrected chi connectivity index (χ0v) is 14.8. The maximum Gasteiger partial charge on any atom is 0.416 e. The Morgan fingerprint density at radius 1 is 1.07 bits per heavy atom. The lowest BCUT2D eigenvalue weighted by Crippen LogP contribution is -2.16. The fraction of sp³-hybridized carbons (Fsp3) is 0.167. The van der Waals surface area contributed by atoms with E-state index >= 15 is 0 Å². The van der Waals surface area contributed by atoms with Gasteiger partial charge in [0.1, 0.15) is 24.2 Å². The normalized spacial score (nSPS) is 11.2. The Hall–Kier alpha value is -3.56. The van der Waals surface area contributed by atoms with Gasteiger partial charge in [0, 0.05) is 11.6 Å². The molecule has 2 aromatic carbocycles. The van der Waals surface area contributed by atoms with E-state index in [1.54, 1.807) is 6.07 Å². The number of benzene rings is 2. The van der Waals surface area contributed by atoms with Gasteiger partial charge >= 0.3 is 6.18 Å². The molecule has 0 fully saturated rings. The molecule has 0 unspecified atom stereocenters. The summed E-state index contributed by atoms with van der Waals surface area (Å²) < 4.78 is 50.8. The molecule has 146 valence electrons. The summed E-state index contributed by atoms with van der Waals surface area (Å²) >= 11 is 0. The minimum atomic E-state index is -4.57. The van der Waals surface area contributed by atoms with Crippen LogP contribution in [0.1, 0.15) is 15.9 Å². The molecule has 0 bridgehead atoms. The number of nitrogens with one attached hydrogen (secondary N) is 1. The molecular weight excluding hydrogens is 377 g/mol. The first-order valence-corrected chi connectivity index (χ1v) is 7.92. The second kappa shape index (κ2) is 7.59. The Morgan fingerprint density at radius 3 is 2.29 bits per heavy atom. The molecule has 0 saturated heterocycles. The van der Waals surface area contributed by atoms with Gasteiger partial charge in [-0.1, -0.05) is 0 Å². The highest BCUT2D eigenvalue weighted by Gasteiger charge is 2.31. The molecule has 0 aliphatic rings. The largest absolute Gasteiger partial charge is 0.497 e. The van der Waals surface area contributed by atoms with Crippen molar-refractivity contribution in [3.63, 3.8) is 0 Å². The Bertz CT molecular complexity index is 966. The number of ether oxygens (including phenoxy) is 2. The maximum atomic E-state index is 13.1. The third-order valence-corrected chi connectivity index (χ3v) is 3.85. The van der Waals surface area contributed by atoms with Crippen LogP contribution in [0, 0.1) is 0 Å². The quantitative estimate of drug-likeness (QED) is 0.719. The first kappa shape index (κ1) is 19.2. The van der Waals surface area contributed by atoms with E-state index in [9.17, 15) is 18.0 Å².